The van der Waals surface area contributed by atoms with Crippen LogP contribution < -0.4 is 5.32 Å². The number of halogens is 3. The first-order valence-electron chi connectivity index (χ1n) is 5.79. The molecular formula is C11H18F3N3S. The number of nitrogens with zero attached hydrogens (tertiary/aromatic N) is 2. The number of aromatic nitrogens is 2. The first kappa shape index (κ1) is 15.4. The van der Waals surface area contributed by atoms with Crippen molar-refractivity contribution in [2.45, 2.75) is 51.7 Å². The second-order valence-corrected chi connectivity index (χ2v) is 6.31. The van der Waals surface area contributed by atoms with Gasteiger partial charge < -0.3 is 5.32 Å². The van der Waals surface area contributed by atoms with E-state index in [0.29, 0.717) is 11.4 Å². The molecule has 0 aromatic carbocycles. The first-order chi connectivity index (χ1) is 8.16. The van der Waals surface area contributed by atoms with Crippen molar-refractivity contribution in [2.75, 3.05) is 6.54 Å². The third kappa shape index (κ3) is 6.90. The molecule has 0 unspecified atom stereocenters. The van der Waals surface area contributed by atoms with Gasteiger partial charge in [0.2, 0.25) is 0 Å². The van der Waals surface area contributed by atoms with Gasteiger partial charge in [-0.25, -0.2) is 0 Å². The average Bonchev–Trinajstić information content (AvgIpc) is 2.56. The van der Waals surface area contributed by atoms with Gasteiger partial charge in [-0.15, -0.1) is 21.5 Å². The van der Waals surface area contributed by atoms with E-state index in [9.17, 15) is 13.2 Å². The molecule has 0 radical (unpaired) electrons. The first-order valence-corrected chi connectivity index (χ1v) is 6.60. The van der Waals surface area contributed by atoms with Crippen molar-refractivity contribution in [3.8, 4) is 0 Å². The van der Waals surface area contributed by atoms with E-state index in [-0.39, 0.29) is 10.5 Å². The summed E-state index contributed by atoms with van der Waals surface area (Å²) in [6, 6.07) is 0. The van der Waals surface area contributed by atoms with Crippen LogP contribution in [0.3, 0.4) is 0 Å². The summed E-state index contributed by atoms with van der Waals surface area (Å²) in [5.41, 5.74) is 0.0581. The van der Waals surface area contributed by atoms with E-state index in [1.807, 2.05) is 0 Å². The summed E-state index contributed by atoms with van der Waals surface area (Å²) in [7, 11) is 0. The summed E-state index contributed by atoms with van der Waals surface area (Å²) in [6.45, 7) is 7.02. The minimum absolute atomic E-state index is 0.0429. The van der Waals surface area contributed by atoms with E-state index < -0.39 is 12.6 Å². The molecule has 1 aromatic rings. The van der Waals surface area contributed by atoms with Crippen LogP contribution in [0.2, 0.25) is 0 Å². The van der Waals surface area contributed by atoms with Crippen molar-refractivity contribution < 1.29 is 13.2 Å². The number of alkyl halides is 3. The molecule has 7 heteroatoms. The van der Waals surface area contributed by atoms with Gasteiger partial charge in [-0.3, -0.25) is 0 Å². The lowest BCUT2D eigenvalue weighted by molar-refractivity contribution is -0.127. The summed E-state index contributed by atoms with van der Waals surface area (Å²) in [5.74, 6) is 0. The van der Waals surface area contributed by atoms with Gasteiger partial charge in [0.15, 0.2) is 0 Å². The molecule has 18 heavy (non-hydrogen) atoms. The predicted octanol–water partition coefficient (Wildman–Crippen LogP) is 2.96. The molecule has 3 nitrogen and oxygen atoms in total. The summed E-state index contributed by atoms with van der Waals surface area (Å²) >= 11 is 1.05. The molecule has 1 heterocycles. The Balaban J connectivity index is 2.32. The van der Waals surface area contributed by atoms with Gasteiger partial charge in [0.05, 0.1) is 6.42 Å². The standard InChI is InChI=1S/C11H18F3N3S/c1-10(2,3)15-6-4-5-8-16-17-9(18-8)7-11(12,13)14/h15H,4-7H2,1-3H3. The van der Waals surface area contributed by atoms with Crippen LogP contribution in [0.15, 0.2) is 0 Å². The minimum atomic E-state index is -4.20. The lowest BCUT2D eigenvalue weighted by atomic mass is 10.1. The van der Waals surface area contributed by atoms with Crippen molar-refractivity contribution in [3.05, 3.63) is 10.0 Å². The number of rotatable bonds is 5. The largest absolute Gasteiger partial charge is 0.395 e. The van der Waals surface area contributed by atoms with Crippen LogP contribution in [0.5, 0.6) is 0 Å². The lowest BCUT2D eigenvalue weighted by Crippen LogP contribution is -2.36. The maximum absolute atomic E-state index is 12.1. The van der Waals surface area contributed by atoms with Crippen molar-refractivity contribution in [2.24, 2.45) is 0 Å². The molecule has 1 rings (SSSR count). The maximum atomic E-state index is 12.1. The molecule has 0 saturated carbocycles. The highest BCUT2D eigenvalue weighted by molar-refractivity contribution is 7.11. The second kappa shape index (κ2) is 5.97. The Morgan fingerprint density at radius 2 is 1.72 bits per heavy atom. The number of hydrogen-bond donors (Lipinski definition) is 1. The van der Waals surface area contributed by atoms with Crippen molar-refractivity contribution in [3.63, 3.8) is 0 Å². The molecule has 0 saturated heterocycles. The highest BCUT2D eigenvalue weighted by atomic mass is 32.1. The van der Waals surface area contributed by atoms with Gasteiger partial charge in [-0.05, 0) is 33.7 Å². The highest BCUT2D eigenvalue weighted by Gasteiger charge is 2.29. The Hall–Kier alpha value is -0.690. The molecule has 0 aliphatic rings. The van der Waals surface area contributed by atoms with Crippen LogP contribution in [0, 0.1) is 0 Å². The topological polar surface area (TPSA) is 37.8 Å². The van der Waals surface area contributed by atoms with E-state index in [0.717, 1.165) is 24.3 Å². The molecule has 0 bridgehead atoms. The van der Waals surface area contributed by atoms with Crippen LogP contribution in [0.25, 0.3) is 0 Å². The molecule has 0 aliphatic heterocycles. The smallest absolute Gasteiger partial charge is 0.312 e. The normalized spacial score (nSPS) is 13.0. The van der Waals surface area contributed by atoms with Crippen LogP contribution in [-0.4, -0.2) is 28.5 Å². The molecule has 0 atom stereocenters. The van der Waals surface area contributed by atoms with Gasteiger partial charge >= 0.3 is 6.18 Å². The molecule has 104 valence electrons. The second-order valence-electron chi connectivity index (χ2n) is 5.16. The minimum Gasteiger partial charge on any atom is -0.312 e. The fourth-order valence-corrected chi connectivity index (χ4v) is 2.25. The zero-order chi connectivity index (χ0) is 13.8. The van der Waals surface area contributed by atoms with Crippen molar-refractivity contribution in [1.82, 2.24) is 15.5 Å². The van der Waals surface area contributed by atoms with Crippen LogP contribution >= 0.6 is 11.3 Å². The number of aryl methyl sites for hydroxylation is 1. The van der Waals surface area contributed by atoms with Gasteiger partial charge in [-0.2, -0.15) is 13.2 Å². The molecule has 0 spiro atoms. The van der Waals surface area contributed by atoms with Crippen LogP contribution in [0.1, 0.15) is 37.2 Å². The van der Waals surface area contributed by atoms with Crippen LogP contribution in [-0.2, 0) is 12.8 Å². The van der Waals surface area contributed by atoms with E-state index in [1.54, 1.807) is 0 Å². The maximum Gasteiger partial charge on any atom is 0.395 e. The molecule has 0 amide bonds. The van der Waals surface area contributed by atoms with E-state index in [1.165, 1.54) is 0 Å². The van der Waals surface area contributed by atoms with E-state index in [2.05, 4.69) is 36.3 Å². The lowest BCUT2D eigenvalue weighted by Gasteiger charge is -2.20. The van der Waals surface area contributed by atoms with Gasteiger partial charge in [0.25, 0.3) is 0 Å². The highest BCUT2D eigenvalue weighted by Crippen LogP contribution is 2.23. The summed E-state index contributed by atoms with van der Waals surface area (Å²) in [5, 5.41) is 11.4. The fourth-order valence-electron chi connectivity index (χ4n) is 1.34. The molecule has 1 aromatic heterocycles. The molecule has 0 fully saturated rings. The molecule has 1 N–H and O–H groups in total. The van der Waals surface area contributed by atoms with Gasteiger partial charge in [0.1, 0.15) is 10.0 Å². The Bertz CT molecular complexity index is 368. The van der Waals surface area contributed by atoms with Gasteiger partial charge in [-0.1, -0.05) is 0 Å². The predicted molar refractivity (Wildman–Crippen MR) is 65.7 cm³/mol. The summed E-state index contributed by atoms with van der Waals surface area (Å²) < 4.78 is 36.4. The quantitative estimate of drug-likeness (QED) is 0.843. The Morgan fingerprint density at radius 1 is 1.11 bits per heavy atom. The average molecular weight is 281 g/mol. The van der Waals surface area contributed by atoms with Gasteiger partial charge in [0, 0.05) is 12.0 Å². The van der Waals surface area contributed by atoms with Crippen molar-refractivity contribution in [1.29, 1.82) is 0 Å². The van der Waals surface area contributed by atoms with E-state index >= 15 is 0 Å². The third-order valence-corrected chi connectivity index (χ3v) is 3.07. The van der Waals surface area contributed by atoms with E-state index in [4.69, 9.17) is 0 Å². The van der Waals surface area contributed by atoms with Crippen molar-refractivity contribution >= 4 is 11.3 Å². The molecule has 0 aliphatic carbocycles. The Kier molecular flexibility index (Phi) is 5.10. The Labute approximate surface area is 109 Å². The number of nitrogens with one attached hydrogen (secondary N) is 1. The Morgan fingerprint density at radius 3 is 2.28 bits per heavy atom. The third-order valence-electron chi connectivity index (χ3n) is 2.08. The summed E-state index contributed by atoms with van der Waals surface area (Å²) in [4.78, 5) is 0. The SMILES string of the molecule is CC(C)(C)NCCCc1nnc(CC(F)(F)F)s1. The monoisotopic (exact) mass is 281 g/mol. The zero-order valence-electron chi connectivity index (χ0n) is 10.8. The fraction of sp³-hybridized carbons (Fsp3) is 0.818. The van der Waals surface area contributed by atoms with Crippen LogP contribution in [0.4, 0.5) is 13.2 Å². The number of hydrogen-bond acceptors (Lipinski definition) is 4. The molecular weight excluding hydrogens is 263 g/mol. The zero-order valence-corrected chi connectivity index (χ0v) is 11.6. The summed E-state index contributed by atoms with van der Waals surface area (Å²) in [6.07, 6.45) is -3.67.